The largest absolute Gasteiger partial charge is 0.460 e. The van der Waals surface area contributed by atoms with Gasteiger partial charge in [-0.25, -0.2) is 9.18 Å². The molecule has 11 nitrogen and oxygen atoms in total. The van der Waals surface area contributed by atoms with Crippen molar-refractivity contribution in [1.82, 2.24) is 30.5 Å². The van der Waals surface area contributed by atoms with Crippen molar-refractivity contribution in [2.24, 2.45) is 0 Å². The molecule has 7 heterocycles. The van der Waals surface area contributed by atoms with Gasteiger partial charge >= 0.3 is 12.1 Å². The lowest BCUT2D eigenvalue weighted by molar-refractivity contribution is 0.0218. The van der Waals surface area contributed by atoms with Crippen molar-refractivity contribution >= 4 is 51.4 Å². The molecule has 1 aromatic carbocycles. The van der Waals surface area contributed by atoms with E-state index >= 15 is 4.39 Å². The molecule has 43 heavy (non-hydrogen) atoms. The van der Waals surface area contributed by atoms with Crippen LogP contribution in [0.2, 0.25) is 5.02 Å². The summed E-state index contributed by atoms with van der Waals surface area (Å²) >= 11 is 6.73. The van der Waals surface area contributed by atoms with Crippen LogP contribution in [-0.4, -0.2) is 75.8 Å². The Morgan fingerprint density at radius 2 is 2.05 bits per heavy atom. The zero-order chi connectivity index (χ0) is 29.6. The summed E-state index contributed by atoms with van der Waals surface area (Å²) in [5, 5.41) is 11.6. The number of anilines is 1. The molecule has 224 valence electrons. The fourth-order valence-electron chi connectivity index (χ4n) is 6.15. The average molecular weight is 608 g/mol. The first-order chi connectivity index (χ1) is 20.9. The van der Waals surface area contributed by atoms with Gasteiger partial charge in [0.15, 0.2) is 5.82 Å². The molecule has 4 aliphatic rings. The Morgan fingerprint density at radius 1 is 1.19 bits per heavy atom. The van der Waals surface area contributed by atoms with Gasteiger partial charge in [-0.05, 0) is 32.3 Å². The molecular formula is C30H31ClFN7O4. The van der Waals surface area contributed by atoms with Gasteiger partial charge in [-0.15, -0.1) is 0 Å². The van der Waals surface area contributed by atoms with Crippen LogP contribution in [-0.2, 0) is 9.47 Å². The zero-order valence-electron chi connectivity index (χ0n) is 23.7. The molecule has 4 aromatic rings. The lowest BCUT2D eigenvalue weighted by atomic mass is 9.91. The van der Waals surface area contributed by atoms with Crippen molar-refractivity contribution < 1.29 is 23.4 Å². The van der Waals surface area contributed by atoms with E-state index in [0.717, 1.165) is 12.8 Å². The fraction of sp³-hybridized carbons (Fsp3) is 0.433. The van der Waals surface area contributed by atoms with Crippen LogP contribution in [0.1, 0.15) is 44.6 Å². The van der Waals surface area contributed by atoms with E-state index in [-0.39, 0.29) is 29.9 Å². The summed E-state index contributed by atoms with van der Waals surface area (Å²) in [6.07, 6.45) is 9.55. The van der Waals surface area contributed by atoms with Gasteiger partial charge in [0, 0.05) is 48.6 Å². The molecule has 2 fully saturated rings. The Hall–Kier alpha value is -4.03. The zero-order valence-corrected chi connectivity index (χ0v) is 24.4. The van der Waals surface area contributed by atoms with E-state index < -0.39 is 17.4 Å². The molecule has 6 bridgehead atoms. The third kappa shape index (κ3) is 5.33. The van der Waals surface area contributed by atoms with Crippen molar-refractivity contribution in [3.05, 3.63) is 40.9 Å². The van der Waals surface area contributed by atoms with Crippen molar-refractivity contribution in [2.45, 2.75) is 50.7 Å². The number of carbonyl (C=O) groups is 1. The Morgan fingerprint density at radius 3 is 2.91 bits per heavy atom. The Labute approximate surface area is 251 Å². The Bertz CT molecular complexity index is 1740. The summed E-state index contributed by atoms with van der Waals surface area (Å²) < 4.78 is 34.1. The van der Waals surface area contributed by atoms with Crippen LogP contribution in [0.3, 0.4) is 0 Å². The molecule has 2 saturated heterocycles. The molecule has 0 saturated carbocycles. The van der Waals surface area contributed by atoms with E-state index in [1.807, 2.05) is 17.9 Å². The number of aromatic nitrogens is 5. The van der Waals surface area contributed by atoms with E-state index in [1.165, 1.54) is 0 Å². The SMILES string of the molecule is C[C@@]12CCCN(C1)c1nc(OC3CCOCC3)nc3c(F)c(ncc13)-c1c(c(Cl)cc3[nH]ncc13)/C=C\CCOC(=O)N2. The maximum atomic E-state index is 16.9. The van der Waals surface area contributed by atoms with Gasteiger partial charge < -0.3 is 24.4 Å². The molecule has 4 aliphatic heterocycles. The highest BCUT2D eigenvalue weighted by atomic mass is 35.5. The standard InChI is InChI=1S/C30H31ClFN7O4/c1-30-8-4-9-39(16-30)27-20-14-33-26(24(32)25(20)35-28(36-27)43-17-6-11-41-12-7-17)23-18(5-2-3-10-42-29(40)37-30)21(31)13-22-19(23)15-34-38-22/h2,5,13-15,17H,3-4,6-12,16H2,1H3,(H,34,38)(H,37,40)/b5-2-/t30-/m1/s1. The Balaban J connectivity index is 1.46. The van der Waals surface area contributed by atoms with Gasteiger partial charge in [-0.3, -0.25) is 10.1 Å². The molecular weight excluding hydrogens is 577 g/mol. The summed E-state index contributed by atoms with van der Waals surface area (Å²) in [5.74, 6) is -0.117. The summed E-state index contributed by atoms with van der Waals surface area (Å²) in [6.45, 7) is 4.38. The number of piperidine rings is 1. The average Bonchev–Trinajstić information content (AvgIpc) is 3.45. The van der Waals surface area contributed by atoms with Gasteiger partial charge in [0.2, 0.25) is 0 Å². The quantitative estimate of drug-likeness (QED) is 0.307. The van der Waals surface area contributed by atoms with Gasteiger partial charge in [-0.2, -0.15) is 15.1 Å². The Kier molecular flexibility index (Phi) is 7.26. The first-order valence-corrected chi connectivity index (χ1v) is 14.9. The lowest BCUT2D eigenvalue weighted by Crippen LogP contribution is -2.57. The normalized spacial score (nSPS) is 22.3. The number of nitrogens with one attached hydrogen (secondary N) is 2. The minimum atomic E-state index is -0.613. The van der Waals surface area contributed by atoms with Gasteiger partial charge in [-0.1, -0.05) is 23.8 Å². The number of pyridine rings is 1. The van der Waals surface area contributed by atoms with E-state index in [9.17, 15) is 4.79 Å². The number of alkyl carbamates (subject to hydrolysis) is 1. The molecule has 3 aromatic heterocycles. The second kappa shape index (κ2) is 11.2. The van der Waals surface area contributed by atoms with Crippen LogP contribution >= 0.6 is 11.6 Å². The smallest absolute Gasteiger partial charge is 0.407 e. The minimum absolute atomic E-state index is 0.0858. The third-order valence-corrected chi connectivity index (χ3v) is 8.57. The summed E-state index contributed by atoms with van der Waals surface area (Å²) in [4.78, 5) is 28.9. The number of nitrogens with zero attached hydrogens (tertiary/aromatic N) is 5. The molecule has 0 spiro atoms. The lowest BCUT2D eigenvalue weighted by Gasteiger charge is -2.41. The maximum absolute atomic E-state index is 16.9. The number of benzene rings is 1. The first-order valence-electron chi connectivity index (χ1n) is 14.5. The summed E-state index contributed by atoms with van der Waals surface area (Å²) in [7, 11) is 0. The molecule has 2 N–H and O–H groups in total. The van der Waals surface area contributed by atoms with Gasteiger partial charge in [0.25, 0.3) is 0 Å². The summed E-state index contributed by atoms with van der Waals surface area (Å²) in [6, 6.07) is 1.83. The van der Waals surface area contributed by atoms with Crippen LogP contribution in [0.5, 0.6) is 6.01 Å². The number of amides is 1. The molecule has 0 aliphatic carbocycles. The number of H-pyrrole nitrogens is 1. The first kappa shape index (κ1) is 27.8. The molecule has 8 rings (SSSR count). The second-order valence-electron chi connectivity index (χ2n) is 11.5. The topological polar surface area (TPSA) is 127 Å². The number of ether oxygens (including phenoxy) is 3. The van der Waals surface area contributed by atoms with Crippen LogP contribution in [0.25, 0.3) is 39.1 Å². The highest BCUT2D eigenvalue weighted by molar-refractivity contribution is 6.33. The fourth-order valence-corrected chi connectivity index (χ4v) is 6.42. The predicted molar refractivity (Wildman–Crippen MR) is 160 cm³/mol. The molecule has 13 heteroatoms. The molecule has 0 radical (unpaired) electrons. The van der Waals surface area contributed by atoms with Crippen molar-refractivity contribution in [3.8, 4) is 17.3 Å². The number of hydrogen-bond acceptors (Lipinski definition) is 9. The highest BCUT2D eigenvalue weighted by Gasteiger charge is 2.35. The third-order valence-electron chi connectivity index (χ3n) is 8.26. The van der Waals surface area contributed by atoms with Crippen molar-refractivity contribution in [3.63, 3.8) is 0 Å². The van der Waals surface area contributed by atoms with Crippen LogP contribution in [0.15, 0.2) is 24.5 Å². The van der Waals surface area contributed by atoms with E-state index in [1.54, 1.807) is 24.5 Å². The molecule has 1 amide bonds. The number of hydrogen-bond donors (Lipinski definition) is 2. The van der Waals surface area contributed by atoms with E-state index in [2.05, 4.69) is 25.5 Å². The van der Waals surface area contributed by atoms with Gasteiger partial charge in [0.1, 0.15) is 23.1 Å². The number of aromatic amines is 1. The predicted octanol–water partition coefficient (Wildman–Crippen LogP) is 5.42. The number of carbonyl (C=O) groups excluding carboxylic acids is 1. The van der Waals surface area contributed by atoms with Crippen molar-refractivity contribution in [2.75, 3.05) is 37.8 Å². The van der Waals surface area contributed by atoms with Crippen LogP contribution < -0.4 is 15.0 Å². The minimum Gasteiger partial charge on any atom is -0.460 e. The number of halogens is 2. The van der Waals surface area contributed by atoms with E-state index in [0.29, 0.717) is 83.8 Å². The number of fused-ring (bicyclic) bond motifs is 7. The van der Waals surface area contributed by atoms with E-state index in [4.69, 9.17) is 30.8 Å². The molecule has 0 unspecified atom stereocenters. The maximum Gasteiger partial charge on any atom is 0.407 e. The number of rotatable bonds is 2. The van der Waals surface area contributed by atoms with Crippen molar-refractivity contribution in [1.29, 1.82) is 0 Å². The second-order valence-corrected chi connectivity index (χ2v) is 11.9. The van der Waals surface area contributed by atoms with Crippen LogP contribution in [0.4, 0.5) is 15.0 Å². The van der Waals surface area contributed by atoms with Gasteiger partial charge in [0.05, 0.1) is 47.5 Å². The summed E-state index contributed by atoms with van der Waals surface area (Å²) in [5.41, 5.74) is 1.27. The highest BCUT2D eigenvalue weighted by Crippen LogP contribution is 2.40. The monoisotopic (exact) mass is 607 g/mol. The van der Waals surface area contributed by atoms with Crippen LogP contribution in [0, 0.1) is 5.82 Å². The molecule has 1 atom stereocenters.